The summed E-state index contributed by atoms with van der Waals surface area (Å²) in [6.45, 7) is 2.56. The standard InChI is InChI=1S/C21H20FN3O/c1-15-2-4-16(5-3-15)12-21(26)25-19-10-11-20(24-14-19)23-13-17-6-8-18(22)9-7-17/h2-11,14H,12-13H2,1H3,(H,23,24)(H,25,26). The number of carbonyl (C=O) groups excluding carboxylic acids is 1. The molecule has 0 spiro atoms. The minimum atomic E-state index is -0.252. The van der Waals surface area contributed by atoms with Gasteiger partial charge in [0, 0.05) is 6.54 Å². The highest BCUT2D eigenvalue weighted by Crippen LogP contribution is 2.12. The van der Waals surface area contributed by atoms with Crippen LogP contribution < -0.4 is 10.6 Å². The Hall–Kier alpha value is -3.21. The molecule has 5 heteroatoms. The lowest BCUT2D eigenvalue weighted by atomic mass is 10.1. The van der Waals surface area contributed by atoms with E-state index in [-0.39, 0.29) is 11.7 Å². The molecule has 0 unspecified atom stereocenters. The Morgan fingerprint density at radius 3 is 2.31 bits per heavy atom. The summed E-state index contributed by atoms with van der Waals surface area (Å²) in [5, 5.41) is 6.00. The number of anilines is 2. The summed E-state index contributed by atoms with van der Waals surface area (Å²) in [4.78, 5) is 16.4. The number of carbonyl (C=O) groups is 1. The molecule has 0 aliphatic rings. The average Bonchev–Trinajstić information content (AvgIpc) is 2.64. The fourth-order valence-corrected chi connectivity index (χ4v) is 2.46. The molecule has 1 aromatic heterocycles. The third kappa shape index (κ3) is 5.14. The maximum Gasteiger partial charge on any atom is 0.228 e. The summed E-state index contributed by atoms with van der Waals surface area (Å²) in [6, 6.07) is 17.8. The fourth-order valence-electron chi connectivity index (χ4n) is 2.46. The van der Waals surface area contributed by atoms with Gasteiger partial charge in [-0.15, -0.1) is 0 Å². The fraction of sp³-hybridized carbons (Fsp3) is 0.143. The SMILES string of the molecule is Cc1ccc(CC(=O)Nc2ccc(NCc3ccc(F)cc3)nc2)cc1. The van der Waals surface area contributed by atoms with E-state index in [1.54, 1.807) is 30.5 Å². The van der Waals surface area contributed by atoms with E-state index in [4.69, 9.17) is 0 Å². The number of aromatic nitrogens is 1. The van der Waals surface area contributed by atoms with Crippen LogP contribution >= 0.6 is 0 Å². The van der Waals surface area contributed by atoms with Crippen LogP contribution in [0.5, 0.6) is 0 Å². The molecule has 3 rings (SSSR count). The second kappa shape index (κ2) is 8.25. The van der Waals surface area contributed by atoms with Crippen LogP contribution in [0.15, 0.2) is 66.9 Å². The molecule has 2 aromatic carbocycles. The summed E-state index contributed by atoms with van der Waals surface area (Å²) in [6.07, 6.45) is 1.94. The minimum absolute atomic E-state index is 0.0809. The van der Waals surface area contributed by atoms with Crippen molar-refractivity contribution in [2.24, 2.45) is 0 Å². The number of amides is 1. The van der Waals surface area contributed by atoms with Gasteiger partial charge in [-0.2, -0.15) is 0 Å². The Bertz CT molecular complexity index is 859. The predicted molar refractivity (Wildman–Crippen MR) is 101 cm³/mol. The van der Waals surface area contributed by atoms with E-state index in [2.05, 4.69) is 15.6 Å². The Balaban J connectivity index is 1.51. The highest BCUT2D eigenvalue weighted by molar-refractivity contribution is 5.92. The average molecular weight is 349 g/mol. The van der Waals surface area contributed by atoms with Crippen molar-refractivity contribution in [3.05, 3.63) is 89.4 Å². The molecule has 0 atom stereocenters. The lowest BCUT2D eigenvalue weighted by Crippen LogP contribution is -2.14. The maximum atomic E-state index is 12.9. The van der Waals surface area contributed by atoms with Gasteiger partial charge >= 0.3 is 0 Å². The van der Waals surface area contributed by atoms with E-state index in [1.165, 1.54) is 17.7 Å². The lowest BCUT2D eigenvalue weighted by molar-refractivity contribution is -0.115. The highest BCUT2D eigenvalue weighted by Gasteiger charge is 2.05. The molecule has 1 heterocycles. The third-order valence-corrected chi connectivity index (χ3v) is 3.92. The number of pyridine rings is 1. The molecule has 0 saturated carbocycles. The molecule has 2 N–H and O–H groups in total. The molecule has 0 fully saturated rings. The minimum Gasteiger partial charge on any atom is -0.366 e. The first-order chi connectivity index (χ1) is 12.6. The van der Waals surface area contributed by atoms with E-state index in [0.29, 0.717) is 24.5 Å². The number of hydrogen-bond donors (Lipinski definition) is 2. The van der Waals surface area contributed by atoms with Crippen molar-refractivity contribution in [2.75, 3.05) is 10.6 Å². The lowest BCUT2D eigenvalue weighted by Gasteiger charge is -2.08. The van der Waals surface area contributed by atoms with Gasteiger partial charge in [0.15, 0.2) is 0 Å². The van der Waals surface area contributed by atoms with Crippen molar-refractivity contribution in [3.8, 4) is 0 Å². The smallest absolute Gasteiger partial charge is 0.228 e. The van der Waals surface area contributed by atoms with Gasteiger partial charge in [0.1, 0.15) is 11.6 Å². The van der Waals surface area contributed by atoms with Crippen LogP contribution in [-0.2, 0) is 17.8 Å². The third-order valence-electron chi connectivity index (χ3n) is 3.92. The molecular weight excluding hydrogens is 329 g/mol. The molecule has 0 saturated heterocycles. The highest BCUT2D eigenvalue weighted by atomic mass is 19.1. The number of aryl methyl sites for hydroxylation is 1. The number of rotatable bonds is 6. The second-order valence-corrected chi connectivity index (χ2v) is 6.12. The van der Waals surface area contributed by atoms with E-state index >= 15 is 0 Å². The van der Waals surface area contributed by atoms with Gasteiger partial charge in [-0.1, -0.05) is 42.0 Å². The van der Waals surface area contributed by atoms with Crippen LogP contribution in [0.4, 0.5) is 15.9 Å². The van der Waals surface area contributed by atoms with Crippen LogP contribution in [0, 0.1) is 12.7 Å². The van der Waals surface area contributed by atoms with E-state index in [0.717, 1.165) is 11.1 Å². The maximum absolute atomic E-state index is 12.9. The predicted octanol–water partition coefficient (Wildman–Crippen LogP) is 4.32. The molecule has 0 aliphatic carbocycles. The molecule has 0 radical (unpaired) electrons. The van der Waals surface area contributed by atoms with Crippen LogP contribution in [0.2, 0.25) is 0 Å². The Kier molecular flexibility index (Phi) is 5.59. The summed E-state index contributed by atoms with van der Waals surface area (Å²) in [7, 11) is 0. The molecular formula is C21H20FN3O. The first kappa shape index (κ1) is 17.6. The van der Waals surface area contributed by atoms with Crippen molar-refractivity contribution < 1.29 is 9.18 Å². The quantitative estimate of drug-likeness (QED) is 0.697. The van der Waals surface area contributed by atoms with Crippen LogP contribution in [0.3, 0.4) is 0 Å². The summed E-state index contributed by atoms with van der Waals surface area (Å²) >= 11 is 0. The number of benzene rings is 2. The zero-order valence-electron chi connectivity index (χ0n) is 14.5. The monoisotopic (exact) mass is 349 g/mol. The number of hydrogen-bond acceptors (Lipinski definition) is 3. The summed E-state index contributed by atoms with van der Waals surface area (Å²) < 4.78 is 12.9. The zero-order valence-corrected chi connectivity index (χ0v) is 14.5. The Morgan fingerprint density at radius 2 is 1.65 bits per heavy atom. The van der Waals surface area contributed by atoms with Crippen molar-refractivity contribution in [3.63, 3.8) is 0 Å². The van der Waals surface area contributed by atoms with E-state index in [1.807, 2.05) is 31.2 Å². The number of nitrogens with one attached hydrogen (secondary N) is 2. The largest absolute Gasteiger partial charge is 0.366 e. The van der Waals surface area contributed by atoms with Crippen molar-refractivity contribution in [1.29, 1.82) is 0 Å². The summed E-state index contributed by atoms with van der Waals surface area (Å²) in [5.41, 5.74) is 3.75. The molecule has 0 bridgehead atoms. The molecule has 0 aliphatic heterocycles. The van der Waals surface area contributed by atoms with Crippen LogP contribution in [-0.4, -0.2) is 10.9 Å². The van der Waals surface area contributed by atoms with Crippen LogP contribution in [0.25, 0.3) is 0 Å². The van der Waals surface area contributed by atoms with Crippen molar-refractivity contribution in [2.45, 2.75) is 19.9 Å². The van der Waals surface area contributed by atoms with Gasteiger partial charge in [0.25, 0.3) is 0 Å². The Morgan fingerprint density at radius 1 is 0.962 bits per heavy atom. The van der Waals surface area contributed by atoms with Crippen molar-refractivity contribution >= 4 is 17.4 Å². The first-order valence-electron chi connectivity index (χ1n) is 8.38. The van der Waals surface area contributed by atoms with Gasteiger partial charge in [-0.05, 0) is 42.3 Å². The van der Waals surface area contributed by atoms with Gasteiger partial charge in [0.05, 0.1) is 18.3 Å². The molecule has 26 heavy (non-hydrogen) atoms. The van der Waals surface area contributed by atoms with E-state index in [9.17, 15) is 9.18 Å². The first-order valence-corrected chi connectivity index (χ1v) is 8.38. The normalized spacial score (nSPS) is 10.4. The van der Waals surface area contributed by atoms with Gasteiger partial charge in [0.2, 0.25) is 5.91 Å². The van der Waals surface area contributed by atoms with Crippen LogP contribution in [0.1, 0.15) is 16.7 Å². The second-order valence-electron chi connectivity index (χ2n) is 6.12. The summed E-state index contributed by atoms with van der Waals surface area (Å²) in [5.74, 6) is 0.353. The van der Waals surface area contributed by atoms with Gasteiger partial charge in [-0.3, -0.25) is 4.79 Å². The Labute approximate surface area is 152 Å². The number of nitrogens with zero attached hydrogens (tertiary/aromatic N) is 1. The molecule has 3 aromatic rings. The topological polar surface area (TPSA) is 54.0 Å². The zero-order chi connectivity index (χ0) is 18.4. The van der Waals surface area contributed by atoms with Crippen molar-refractivity contribution in [1.82, 2.24) is 4.98 Å². The van der Waals surface area contributed by atoms with E-state index < -0.39 is 0 Å². The molecule has 132 valence electrons. The van der Waals surface area contributed by atoms with Gasteiger partial charge in [-0.25, -0.2) is 9.37 Å². The van der Waals surface area contributed by atoms with Gasteiger partial charge < -0.3 is 10.6 Å². The molecule has 4 nitrogen and oxygen atoms in total. The molecule has 1 amide bonds. The number of halogens is 1.